The molecule has 4 heteroatoms. The summed E-state index contributed by atoms with van der Waals surface area (Å²) in [4.78, 5) is 6.59. The van der Waals surface area contributed by atoms with Gasteiger partial charge in [-0.2, -0.15) is 5.10 Å². The minimum atomic E-state index is 0.487. The third kappa shape index (κ3) is 2.16. The molecule has 0 aliphatic carbocycles. The molecule has 2 aromatic heterocycles. The minimum Gasteiger partial charge on any atom is -0.291 e. The largest absolute Gasteiger partial charge is 0.291 e. The first-order chi connectivity index (χ1) is 8.84. The van der Waals surface area contributed by atoms with Gasteiger partial charge in [0.1, 0.15) is 0 Å². The maximum atomic E-state index is 4.15. The lowest BCUT2D eigenvalue weighted by Crippen LogP contribution is -2.23. The highest BCUT2D eigenvalue weighted by Crippen LogP contribution is 2.33. The molecule has 18 heavy (non-hydrogen) atoms. The summed E-state index contributed by atoms with van der Waals surface area (Å²) in [7, 11) is 0. The van der Waals surface area contributed by atoms with Crippen LogP contribution in [0.1, 0.15) is 35.7 Å². The zero-order valence-corrected chi connectivity index (χ0v) is 10.6. The van der Waals surface area contributed by atoms with Crippen molar-refractivity contribution in [1.29, 1.82) is 0 Å². The Balaban J connectivity index is 1.78. The Labute approximate surface area is 107 Å². The molecule has 94 valence electrons. The molecule has 1 N–H and O–H groups in total. The summed E-state index contributed by atoms with van der Waals surface area (Å²) in [6, 6.07) is 4.67. The van der Waals surface area contributed by atoms with Crippen molar-refractivity contribution in [3.63, 3.8) is 0 Å². The van der Waals surface area contributed by atoms with Gasteiger partial charge in [-0.05, 0) is 49.6 Å². The van der Waals surface area contributed by atoms with Crippen LogP contribution < -0.4 is 0 Å². The van der Waals surface area contributed by atoms with E-state index in [-0.39, 0.29) is 0 Å². The van der Waals surface area contributed by atoms with Crippen molar-refractivity contribution >= 4 is 0 Å². The molecule has 0 spiro atoms. The highest BCUT2D eigenvalue weighted by Gasteiger charge is 2.28. The number of aromatic nitrogens is 3. The van der Waals surface area contributed by atoms with Crippen LogP contribution in [0.15, 0.2) is 30.7 Å². The van der Waals surface area contributed by atoms with Crippen molar-refractivity contribution < 1.29 is 0 Å². The molecule has 0 bridgehead atoms. The summed E-state index contributed by atoms with van der Waals surface area (Å²) < 4.78 is 0. The van der Waals surface area contributed by atoms with Gasteiger partial charge in [-0.1, -0.05) is 0 Å². The van der Waals surface area contributed by atoms with Crippen LogP contribution in [0.2, 0.25) is 0 Å². The summed E-state index contributed by atoms with van der Waals surface area (Å²) in [5.74, 6) is 0. The molecule has 0 radical (unpaired) electrons. The van der Waals surface area contributed by atoms with Crippen LogP contribution in [0, 0.1) is 6.92 Å². The summed E-state index contributed by atoms with van der Waals surface area (Å²) >= 11 is 0. The van der Waals surface area contributed by atoms with Gasteiger partial charge in [0, 0.05) is 18.9 Å². The van der Waals surface area contributed by atoms with Crippen LogP contribution in [0.4, 0.5) is 0 Å². The van der Waals surface area contributed by atoms with E-state index < -0.39 is 0 Å². The lowest BCUT2D eigenvalue weighted by molar-refractivity contribution is 0.243. The van der Waals surface area contributed by atoms with Gasteiger partial charge in [0.05, 0.1) is 17.9 Å². The molecular formula is C14H18N4. The first-order valence-corrected chi connectivity index (χ1v) is 6.47. The van der Waals surface area contributed by atoms with E-state index >= 15 is 0 Å². The molecule has 0 saturated carbocycles. The topological polar surface area (TPSA) is 44.8 Å². The number of nitrogens with one attached hydrogen (secondary N) is 1. The first-order valence-electron chi connectivity index (χ1n) is 6.47. The zero-order chi connectivity index (χ0) is 12.4. The Bertz CT molecular complexity index is 506. The van der Waals surface area contributed by atoms with E-state index in [1.54, 1.807) is 0 Å². The van der Waals surface area contributed by atoms with E-state index in [9.17, 15) is 0 Å². The molecular weight excluding hydrogens is 224 g/mol. The summed E-state index contributed by atoms with van der Waals surface area (Å²) in [6.45, 7) is 4.28. The van der Waals surface area contributed by atoms with Gasteiger partial charge in [0.2, 0.25) is 0 Å². The third-order valence-electron chi connectivity index (χ3n) is 3.70. The van der Waals surface area contributed by atoms with Crippen molar-refractivity contribution in [2.24, 2.45) is 0 Å². The number of rotatable bonds is 3. The third-order valence-corrected chi connectivity index (χ3v) is 3.70. The number of pyridine rings is 1. The van der Waals surface area contributed by atoms with Crippen LogP contribution in [-0.4, -0.2) is 26.6 Å². The van der Waals surface area contributed by atoms with Gasteiger partial charge in [-0.3, -0.25) is 15.0 Å². The molecule has 0 amide bonds. The number of aryl methyl sites for hydroxylation is 1. The predicted octanol–water partition coefficient (Wildman–Crippen LogP) is 2.45. The molecule has 1 fully saturated rings. The van der Waals surface area contributed by atoms with Gasteiger partial charge in [-0.25, -0.2) is 0 Å². The molecule has 2 aromatic rings. The molecule has 1 aliphatic rings. The first kappa shape index (κ1) is 11.4. The quantitative estimate of drug-likeness (QED) is 0.899. The minimum absolute atomic E-state index is 0.487. The second kappa shape index (κ2) is 4.90. The number of nitrogens with zero attached hydrogens (tertiary/aromatic N) is 3. The van der Waals surface area contributed by atoms with E-state index in [0.717, 1.165) is 13.1 Å². The molecule has 1 aliphatic heterocycles. The number of aromatic amines is 1. The van der Waals surface area contributed by atoms with Crippen LogP contribution in [0.25, 0.3) is 0 Å². The molecule has 0 aromatic carbocycles. The summed E-state index contributed by atoms with van der Waals surface area (Å²) in [5, 5.41) is 7.31. The normalized spacial score (nSPS) is 20.4. The number of likely N-dealkylation sites (tertiary alicyclic amines) is 1. The van der Waals surface area contributed by atoms with E-state index in [2.05, 4.69) is 39.1 Å². The average Bonchev–Trinajstić information content (AvgIpc) is 2.99. The van der Waals surface area contributed by atoms with E-state index in [4.69, 9.17) is 0 Å². The van der Waals surface area contributed by atoms with Gasteiger partial charge in [0.15, 0.2) is 0 Å². The fourth-order valence-corrected chi connectivity index (χ4v) is 2.76. The zero-order valence-electron chi connectivity index (χ0n) is 10.6. The van der Waals surface area contributed by atoms with Crippen LogP contribution in [0.3, 0.4) is 0 Å². The SMILES string of the molecule is Cc1cn[nH]c1[C@@H]1CCCN1Cc1ccncc1. The van der Waals surface area contributed by atoms with Gasteiger partial charge in [-0.15, -0.1) is 0 Å². The molecule has 1 atom stereocenters. The Morgan fingerprint density at radius 2 is 2.22 bits per heavy atom. The lowest BCUT2D eigenvalue weighted by atomic mass is 10.1. The Morgan fingerprint density at radius 3 is 2.94 bits per heavy atom. The van der Waals surface area contributed by atoms with Crippen molar-refractivity contribution in [2.75, 3.05) is 6.54 Å². The fourth-order valence-electron chi connectivity index (χ4n) is 2.76. The second-order valence-corrected chi connectivity index (χ2v) is 4.95. The smallest absolute Gasteiger partial charge is 0.0553 e. The van der Waals surface area contributed by atoms with Crippen molar-refractivity contribution in [3.05, 3.63) is 47.5 Å². The summed E-state index contributed by atoms with van der Waals surface area (Å²) in [6.07, 6.45) is 8.12. The van der Waals surface area contributed by atoms with Crippen molar-refractivity contribution in [2.45, 2.75) is 32.4 Å². The van der Waals surface area contributed by atoms with Gasteiger partial charge >= 0.3 is 0 Å². The maximum absolute atomic E-state index is 4.15. The predicted molar refractivity (Wildman–Crippen MR) is 69.9 cm³/mol. The van der Waals surface area contributed by atoms with E-state index in [0.29, 0.717) is 6.04 Å². The summed E-state index contributed by atoms with van der Waals surface area (Å²) in [5.41, 5.74) is 3.87. The molecule has 1 saturated heterocycles. The highest BCUT2D eigenvalue weighted by atomic mass is 15.2. The van der Waals surface area contributed by atoms with E-state index in [1.807, 2.05) is 18.6 Å². The molecule has 3 heterocycles. The molecule has 3 rings (SSSR count). The Kier molecular flexibility index (Phi) is 3.11. The molecule has 0 unspecified atom stereocenters. The van der Waals surface area contributed by atoms with Crippen molar-refractivity contribution in [1.82, 2.24) is 20.1 Å². The van der Waals surface area contributed by atoms with Crippen molar-refractivity contribution in [3.8, 4) is 0 Å². The van der Waals surface area contributed by atoms with Gasteiger partial charge in [0.25, 0.3) is 0 Å². The van der Waals surface area contributed by atoms with Crippen LogP contribution >= 0.6 is 0 Å². The average molecular weight is 242 g/mol. The lowest BCUT2D eigenvalue weighted by Gasteiger charge is -2.24. The van der Waals surface area contributed by atoms with Crippen LogP contribution in [0.5, 0.6) is 0 Å². The number of hydrogen-bond acceptors (Lipinski definition) is 3. The number of hydrogen-bond donors (Lipinski definition) is 1. The Morgan fingerprint density at radius 1 is 1.39 bits per heavy atom. The molecule has 4 nitrogen and oxygen atoms in total. The van der Waals surface area contributed by atoms with Crippen LogP contribution in [-0.2, 0) is 6.54 Å². The standard InChI is InChI=1S/C14H18N4/c1-11-9-16-17-14(11)13-3-2-8-18(13)10-12-4-6-15-7-5-12/h4-7,9,13H,2-3,8,10H2,1H3,(H,16,17)/t13-/m0/s1. The monoisotopic (exact) mass is 242 g/mol. The fraction of sp³-hybridized carbons (Fsp3) is 0.429. The second-order valence-electron chi connectivity index (χ2n) is 4.95. The Hall–Kier alpha value is -1.68. The number of H-pyrrole nitrogens is 1. The maximum Gasteiger partial charge on any atom is 0.0553 e. The van der Waals surface area contributed by atoms with E-state index in [1.165, 1.54) is 29.7 Å². The highest BCUT2D eigenvalue weighted by molar-refractivity contribution is 5.20. The van der Waals surface area contributed by atoms with Gasteiger partial charge < -0.3 is 0 Å².